The first-order valence-corrected chi connectivity index (χ1v) is 8.52. The maximum absolute atomic E-state index is 12.1. The molecule has 0 saturated heterocycles. The van der Waals surface area contributed by atoms with Crippen LogP contribution in [-0.2, 0) is 9.84 Å². The molecular formula is C11H17N3O3S2. The van der Waals surface area contributed by atoms with E-state index < -0.39 is 15.7 Å². The van der Waals surface area contributed by atoms with Crippen molar-refractivity contribution in [1.82, 2.24) is 0 Å². The first kappa shape index (κ1) is 14.1. The summed E-state index contributed by atoms with van der Waals surface area (Å²) in [7, 11) is -3.48. The van der Waals surface area contributed by atoms with Crippen molar-refractivity contribution in [3.05, 3.63) is 4.88 Å². The van der Waals surface area contributed by atoms with Crippen LogP contribution in [0.3, 0.4) is 0 Å². The number of carbonyl (C=O) groups excluding carboxylic acids is 1. The van der Waals surface area contributed by atoms with Crippen LogP contribution >= 0.6 is 11.3 Å². The molecule has 1 aliphatic rings. The maximum atomic E-state index is 12.1. The molecule has 0 aliphatic heterocycles. The van der Waals surface area contributed by atoms with E-state index in [4.69, 9.17) is 11.5 Å². The molecule has 19 heavy (non-hydrogen) atoms. The van der Waals surface area contributed by atoms with Gasteiger partial charge in [0.2, 0.25) is 0 Å². The van der Waals surface area contributed by atoms with Gasteiger partial charge in [0.15, 0.2) is 9.84 Å². The van der Waals surface area contributed by atoms with Gasteiger partial charge in [-0.1, -0.05) is 6.92 Å². The Kier molecular flexibility index (Phi) is 3.73. The normalized spacial score (nSPS) is 15.4. The number of rotatable bonds is 6. The number of carbonyl (C=O) groups is 1. The van der Waals surface area contributed by atoms with E-state index in [1.807, 2.05) is 0 Å². The van der Waals surface area contributed by atoms with E-state index in [0.29, 0.717) is 17.5 Å². The van der Waals surface area contributed by atoms with Crippen LogP contribution in [0.2, 0.25) is 0 Å². The summed E-state index contributed by atoms with van der Waals surface area (Å²) in [4.78, 5) is 11.4. The van der Waals surface area contributed by atoms with Crippen LogP contribution in [0.15, 0.2) is 4.90 Å². The molecule has 1 aromatic heterocycles. The van der Waals surface area contributed by atoms with E-state index in [2.05, 4.69) is 5.32 Å². The van der Waals surface area contributed by atoms with Gasteiger partial charge >= 0.3 is 0 Å². The predicted molar refractivity (Wildman–Crippen MR) is 76.2 cm³/mol. The van der Waals surface area contributed by atoms with E-state index in [-0.39, 0.29) is 21.2 Å². The summed E-state index contributed by atoms with van der Waals surface area (Å²) in [5.41, 5.74) is 11.0. The Balaban J connectivity index is 2.43. The average molecular weight is 303 g/mol. The Labute approximate surface area is 116 Å². The number of nitrogens with one attached hydrogen (secondary N) is 1. The third-order valence-electron chi connectivity index (χ3n) is 3.06. The fourth-order valence-corrected chi connectivity index (χ4v) is 4.27. The van der Waals surface area contributed by atoms with Gasteiger partial charge in [-0.3, -0.25) is 4.79 Å². The van der Waals surface area contributed by atoms with Crippen molar-refractivity contribution in [1.29, 1.82) is 0 Å². The van der Waals surface area contributed by atoms with Gasteiger partial charge in [-0.15, -0.1) is 11.3 Å². The van der Waals surface area contributed by atoms with Crippen molar-refractivity contribution in [3.63, 3.8) is 0 Å². The minimum absolute atomic E-state index is 0.0226. The molecule has 1 heterocycles. The van der Waals surface area contributed by atoms with Crippen LogP contribution in [0.1, 0.15) is 29.4 Å². The highest BCUT2D eigenvalue weighted by Crippen LogP contribution is 2.40. The highest BCUT2D eigenvalue weighted by molar-refractivity contribution is 7.91. The lowest BCUT2D eigenvalue weighted by atomic mass is 10.3. The Bertz CT molecular complexity index is 603. The Morgan fingerprint density at radius 1 is 1.47 bits per heavy atom. The molecule has 0 spiro atoms. The number of primary amides is 1. The highest BCUT2D eigenvalue weighted by Gasteiger charge is 2.29. The molecule has 0 bridgehead atoms. The van der Waals surface area contributed by atoms with Crippen LogP contribution in [-0.4, -0.2) is 26.6 Å². The molecule has 0 atom stereocenters. The highest BCUT2D eigenvalue weighted by atomic mass is 32.2. The fraction of sp³-hybridized carbons (Fsp3) is 0.545. The molecule has 1 amide bonds. The largest absolute Gasteiger partial charge is 0.396 e. The number of nitrogens with two attached hydrogens (primary N) is 2. The average Bonchev–Trinajstić information content (AvgIpc) is 3.09. The number of anilines is 2. The number of hydrogen-bond donors (Lipinski definition) is 3. The van der Waals surface area contributed by atoms with Crippen molar-refractivity contribution in [2.24, 2.45) is 11.7 Å². The van der Waals surface area contributed by atoms with Gasteiger partial charge in [0.1, 0.15) is 14.8 Å². The minimum Gasteiger partial charge on any atom is -0.396 e. The molecule has 0 aromatic carbocycles. The van der Waals surface area contributed by atoms with Gasteiger partial charge in [0, 0.05) is 6.54 Å². The molecule has 106 valence electrons. The second-order valence-corrected chi connectivity index (χ2v) is 7.83. The molecule has 2 rings (SSSR count). The van der Waals surface area contributed by atoms with Crippen LogP contribution in [0, 0.1) is 5.92 Å². The third-order valence-corrected chi connectivity index (χ3v) is 6.18. The number of thiophene rings is 1. The molecule has 5 N–H and O–H groups in total. The number of amides is 1. The van der Waals surface area contributed by atoms with Gasteiger partial charge in [0.05, 0.1) is 11.4 Å². The van der Waals surface area contributed by atoms with E-state index in [1.165, 1.54) is 0 Å². The zero-order valence-electron chi connectivity index (χ0n) is 10.6. The van der Waals surface area contributed by atoms with E-state index in [0.717, 1.165) is 24.2 Å². The van der Waals surface area contributed by atoms with E-state index in [9.17, 15) is 13.2 Å². The topological polar surface area (TPSA) is 115 Å². The molecule has 1 fully saturated rings. The fourth-order valence-electron chi connectivity index (χ4n) is 1.74. The van der Waals surface area contributed by atoms with Gasteiger partial charge in [0.25, 0.3) is 5.91 Å². The van der Waals surface area contributed by atoms with Gasteiger partial charge in [-0.2, -0.15) is 0 Å². The lowest BCUT2D eigenvalue weighted by molar-refractivity contribution is 0.100. The van der Waals surface area contributed by atoms with Crippen LogP contribution in [0.25, 0.3) is 0 Å². The molecule has 0 radical (unpaired) electrons. The van der Waals surface area contributed by atoms with Gasteiger partial charge in [-0.05, 0) is 18.8 Å². The maximum Gasteiger partial charge on any atom is 0.261 e. The van der Waals surface area contributed by atoms with Crippen molar-refractivity contribution in [2.75, 3.05) is 23.3 Å². The quantitative estimate of drug-likeness (QED) is 0.726. The second-order valence-electron chi connectivity index (χ2n) is 4.60. The van der Waals surface area contributed by atoms with Crippen LogP contribution in [0.5, 0.6) is 0 Å². The second kappa shape index (κ2) is 5.01. The Hall–Kier alpha value is -1.28. The zero-order valence-corrected chi connectivity index (χ0v) is 12.2. The predicted octanol–water partition coefficient (Wildman–Crippen LogP) is 1.04. The summed E-state index contributed by atoms with van der Waals surface area (Å²) in [6.45, 7) is 2.24. The van der Waals surface area contributed by atoms with Crippen LogP contribution < -0.4 is 16.8 Å². The summed E-state index contributed by atoms with van der Waals surface area (Å²) >= 11 is 1.02. The standard InChI is InChI=1S/C11H17N3O3S2/c1-2-19(16,17)9-7(12)8(10(13)15)18-11(9)14-5-6-3-4-6/h6,14H,2-5,12H2,1H3,(H2,13,15). The lowest BCUT2D eigenvalue weighted by Crippen LogP contribution is -2.13. The van der Waals surface area contributed by atoms with E-state index in [1.54, 1.807) is 6.92 Å². The third kappa shape index (κ3) is 2.84. The Morgan fingerprint density at radius 2 is 2.11 bits per heavy atom. The van der Waals surface area contributed by atoms with Crippen molar-refractivity contribution >= 4 is 37.8 Å². The first-order valence-electron chi connectivity index (χ1n) is 6.05. The summed E-state index contributed by atoms with van der Waals surface area (Å²) in [5.74, 6) is -0.184. The SMILES string of the molecule is CCS(=O)(=O)c1c(NCC2CC2)sc(C(N)=O)c1N. The zero-order chi connectivity index (χ0) is 14.2. The molecule has 1 aromatic rings. The first-order chi connectivity index (χ1) is 8.86. The minimum atomic E-state index is -3.48. The monoisotopic (exact) mass is 303 g/mol. The van der Waals surface area contributed by atoms with Crippen LogP contribution in [0.4, 0.5) is 10.7 Å². The summed E-state index contributed by atoms with van der Waals surface area (Å²) < 4.78 is 24.1. The summed E-state index contributed by atoms with van der Waals surface area (Å²) in [5, 5.41) is 3.51. The Morgan fingerprint density at radius 3 is 2.58 bits per heavy atom. The molecule has 1 aliphatic carbocycles. The summed E-state index contributed by atoms with van der Waals surface area (Å²) in [6.07, 6.45) is 2.29. The van der Waals surface area contributed by atoms with Crippen molar-refractivity contribution < 1.29 is 13.2 Å². The molecule has 8 heteroatoms. The molecule has 1 saturated carbocycles. The number of sulfone groups is 1. The van der Waals surface area contributed by atoms with Gasteiger partial charge in [-0.25, -0.2) is 8.42 Å². The number of nitrogen functional groups attached to an aromatic ring is 1. The summed E-state index contributed by atoms with van der Waals surface area (Å²) in [6, 6.07) is 0. The van der Waals surface area contributed by atoms with Crippen molar-refractivity contribution in [2.45, 2.75) is 24.7 Å². The number of hydrogen-bond acceptors (Lipinski definition) is 6. The van der Waals surface area contributed by atoms with Gasteiger partial charge < -0.3 is 16.8 Å². The molecule has 6 nitrogen and oxygen atoms in total. The molecule has 0 unspecified atom stereocenters. The van der Waals surface area contributed by atoms with Crippen molar-refractivity contribution in [3.8, 4) is 0 Å². The molecular weight excluding hydrogens is 286 g/mol. The van der Waals surface area contributed by atoms with E-state index >= 15 is 0 Å². The smallest absolute Gasteiger partial charge is 0.261 e. The lowest BCUT2D eigenvalue weighted by Gasteiger charge is -2.07.